The molecule has 0 aromatic heterocycles. The zero-order chi connectivity index (χ0) is 8.48. The van der Waals surface area contributed by atoms with Crippen LogP contribution in [0.2, 0.25) is 0 Å². The molecular formula is C10H20O. The van der Waals surface area contributed by atoms with Gasteiger partial charge in [-0.25, -0.2) is 0 Å². The zero-order valence-electron chi connectivity index (χ0n) is 7.93. The maximum atomic E-state index is 9.21. The Balaban J connectivity index is 2.56. The lowest BCUT2D eigenvalue weighted by Gasteiger charge is -2.40. The smallest absolute Gasteiger partial charge is 0.0487 e. The van der Waals surface area contributed by atoms with Crippen LogP contribution in [0.15, 0.2) is 0 Å². The summed E-state index contributed by atoms with van der Waals surface area (Å²) in [7, 11) is 0. The predicted molar refractivity (Wildman–Crippen MR) is 47.4 cm³/mol. The fraction of sp³-hybridized carbons (Fsp3) is 1.00. The van der Waals surface area contributed by atoms with Gasteiger partial charge in [0.2, 0.25) is 0 Å². The normalized spacial score (nSPS) is 45.8. The summed E-state index contributed by atoms with van der Waals surface area (Å²) < 4.78 is 0. The Hall–Kier alpha value is -0.0400. The molecular weight excluding hydrogens is 136 g/mol. The largest absolute Gasteiger partial charge is 0.396 e. The molecule has 3 atom stereocenters. The molecule has 0 aromatic carbocycles. The molecule has 0 saturated heterocycles. The van der Waals surface area contributed by atoms with Crippen molar-refractivity contribution in [2.75, 3.05) is 6.61 Å². The van der Waals surface area contributed by atoms with E-state index < -0.39 is 0 Å². The standard InChI is InChI=1S/C10H20O/c1-8-4-5-10(3,7-11)9(2)6-8/h8-9,11H,4-7H2,1-3H3/t8-,9-,10+/m1/s1. The fourth-order valence-electron chi connectivity index (χ4n) is 2.06. The van der Waals surface area contributed by atoms with E-state index >= 15 is 0 Å². The topological polar surface area (TPSA) is 20.2 Å². The molecule has 0 spiro atoms. The molecule has 1 fully saturated rings. The summed E-state index contributed by atoms with van der Waals surface area (Å²) in [5.74, 6) is 1.56. The molecule has 0 aromatic rings. The van der Waals surface area contributed by atoms with Crippen LogP contribution in [0.4, 0.5) is 0 Å². The van der Waals surface area contributed by atoms with E-state index in [2.05, 4.69) is 20.8 Å². The van der Waals surface area contributed by atoms with Gasteiger partial charge in [0.25, 0.3) is 0 Å². The Labute approximate surface area is 69.8 Å². The molecule has 1 N–H and O–H groups in total. The fourth-order valence-corrected chi connectivity index (χ4v) is 2.06. The molecule has 1 heteroatoms. The van der Waals surface area contributed by atoms with Crippen LogP contribution in [-0.2, 0) is 0 Å². The van der Waals surface area contributed by atoms with Crippen LogP contribution < -0.4 is 0 Å². The second-order valence-corrected chi connectivity index (χ2v) is 4.59. The predicted octanol–water partition coefficient (Wildman–Crippen LogP) is 2.44. The van der Waals surface area contributed by atoms with E-state index in [1.807, 2.05) is 0 Å². The number of rotatable bonds is 1. The molecule has 1 aliphatic rings. The Kier molecular flexibility index (Phi) is 2.58. The third kappa shape index (κ3) is 1.76. The maximum Gasteiger partial charge on any atom is 0.0487 e. The highest BCUT2D eigenvalue weighted by Gasteiger charge is 2.35. The van der Waals surface area contributed by atoms with Crippen LogP contribution in [0.3, 0.4) is 0 Å². The third-order valence-corrected chi connectivity index (χ3v) is 3.52. The summed E-state index contributed by atoms with van der Waals surface area (Å²) in [6.45, 7) is 7.16. The lowest BCUT2D eigenvalue weighted by Crippen LogP contribution is -2.34. The van der Waals surface area contributed by atoms with Gasteiger partial charge in [-0.2, -0.15) is 0 Å². The van der Waals surface area contributed by atoms with Crippen molar-refractivity contribution in [2.45, 2.75) is 40.0 Å². The first-order valence-electron chi connectivity index (χ1n) is 4.69. The van der Waals surface area contributed by atoms with Gasteiger partial charge in [-0.15, -0.1) is 0 Å². The van der Waals surface area contributed by atoms with Crippen molar-refractivity contribution in [1.82, 2.24) is 0 Å². The SMILES string of the molecule is C[C@@H]1CC[C@@](C)(CO)[C@H](C)C1. The molecule has 1 nitrogen and oxygen atoms in total. The molecule has 1 rings (SSSR count). The Morgan fingerprint density at radius 2 is 2.09 bits per heavy atom. The third-order valence-electron chi connectivity index (χ3n) is 3.52. The summed E-state index contributed by atoms with van der Waals surface area (Å²) in [4.78, 5) is 0. The minimum absolute atomic E-state index is 0.215. The van der Waals surface area contributed by atoms with Gasteiger partial charge in [0, 0.05) is 6.61 Å². The first-order valence-corrected chi connectivity index (χ1v) is 4.69. The Morgan fingerprint density at radius 3 is 2.55 bits per heavy atom. The Morgan fingerprint density at radius 1 is 1.45 bits per heavy atom. The number of hydrogen-bond acceptors (Lipinski definition) is 1. The van der Waals surface area contributed by atoms with Crippen LogP contribution in [0.25, 0.3) is 0 Å². The van der Waals surface area contributed by atoms with Crippen molar-refractivity contribution in [1.29, 1.82) is 0 Å². The van der Waals surface area contributed by atoms with Gasteiger partial charge in [0.15, 0.2) is 0 Å². The number of aliphatic hydroxyl groups is 1. The highest BCUT2D eigenvalue weighted by Crippen LogP contribution is 2.42. The van der Waals surface area contributed by atoms with E-state index in [4.69, 9.17) is 0 Å². The molecule has 11 heavy (non-hydrogen) atoms. The highest BCUT2D eigenvalue weighted by atomic mass is 16.3. The van der Waals surface area contributed by atoms with E-state index in [-0.39, 0.29) is 5.41 Å². The summed E-state index contributed by atoms with van der Waals surface area (Å²) in [6.07, 6.45) is 3.78. The van der Waals surface area contributed by atoms with Crippen molar-refractivity contribution in [3.63, 3.8) is 0 Å². The molecule has 0 bridgehead atoms. The lowest BCUT2D eigenvalue weighted by molar-refractivity contribution is 0.0323. The summed E-state index contributed by atoms with van der Waals surface area (Å²) in [5.41, 5.74) is 0.215. The van der Waals surface area contributed by atoms with Crippen molar-refractivity contribution in [2.24, 2.45) is 17.3 Å². The number of aliphatic hydroxyl groups excluding tert-OH is 1. The number of hydrogen-bond donors (Lipinski definition) is 1. The molecule has 0 radical (unpaired) electrons. The maximum absolute atomic E-state index is 9.21. The van der Waals surface area contributed by atoms with Crippen molar-refractivity contribution < 1.29 is 5.11 Å². The van der Waals surface area contributed by atoms with Gasteiger partial charge in [-0.1, -0.05) is 27.2 Å². The first-order chi connectivity index (χ1) is 5.08. The van der Waals surface area contributed by atoms with Gasteiger partial charge in [-0.3, -0.25) is 0 Å². The molecule has 1 aliphatic carbocycles. The van der Waals surface area contributed by atoms with Crippen LogP contribution in [-0.4, -0.2) is 11.7 Å². The van der Waals surface area contributed by atoms with E-state index in [1.54, 1.807) is 0 Å². The van der Waals surface area contributed by atoms with Crippen LogP contribution in [0.1, 0.15) is 40.0 Å². The molecule has 66 valence electrons. The molecule has 1 saturated carbocycles. The highest BCUT2D eigenvalue weighted by molar-refractivity contribution is 4.85. The quantitative estimate of drug-likeness (QED) is 0.618. The lowest BCUT2D eigenvalue weighted by atomic mass is 9.66. The average molecular weight is 156 g/mol. The molecule has 0 aliphatic heterocycles. The zero-order valence-corrected chi connectivity index (χ0v) is 7.93. The molecule has 0 unspecified atom stereocenters. The van der Waals surface area contributed by atoms with E-state index in [9.17, 15) is 5.11 Å². The molecule has 0 heterocycles. The van der Waals surface area contributed by atoms with Crippen LogP contribution in [0, 0.1) is 17.3 Å². The van der Waals surface area contributed by atoms with Gasteiger partial charge < -0.3 is 5.11 Å². The monoisotopic (exact) mass is 156 g/mol. The summed E-state index contributed by atoms with van der Waals surface area (Å²) >= 11 is 0. The second-order valence-electron chi connectivity index (χ2n) is 4.59. The Bertz CT molecular complexity index is 133. The van der Waals surface area contributed by atoms with Gasteiger partial charge >= 0.3 is 0 Å². The van der Waals surface area contributed by atoms with Crippen LogP contribution in [0.5, 0.6) is 0 Å². The average Bonchev–Trinajstić information content (AvgIpc) is 1.98. The van der Waals surface area contributed by atoms with Crippen molar-refractivity contribution in [3.05, 3.63) is 0 Å². The van der Waals surface area contributed by atoms with Gasteiger partial charge in [-0.05, 0) is 30.1 Å². The van der Waals surface area contributed by atoms with Gasteiger partial charge in [0.05, 0.1) is 0 Å². The van der Waals surface area contributed by atoms with Gasteiger partial charge in [0.1, 0.15) is 0 Å². The van der Waals surface area contributed by atoms with E-state index in [0.29, 0.717) is 12.5 Å². The summed E-state index contributed by atoms with van der Waals surface area (Å²) in [5, 5.41) is 9.21. The first kappa shape index (κ1) is 9.05. The van der Waals surface area contributed by atoms with E-state index in [0.717, 1.165) is 5.92 Å². The van der Waals surface area contributed by atoms with Crippen LogP contribution >= 0.6 is 0 Å². The minimum atomic E-state index is 0.215. The van der Waals surface area contributed by atoms with E-state index in [1.165, 1.54) is 19.3 Å². The van der Waals surface area contributed by atoms with Crippen molar-refractivity contribution in [3.8, 4) is 0 Å². The van der Waals surface area contributed by atoms with Crippen molar-refractivity contribution >= 4 is 0 Å². The second kappa shape index (κ2) is 3.14. The molecule has 0 amide bonds. The minimum Gasteiger partial charge on any atom is -0.396 e. The summed E-state index contributed by atoms with van der Waals surface area (Å²) in [6, 6.07) is 0.